The van der Waals surface area contributed by atoms with Gasteiger partial charge in [-0.05, 0) is 61.4 Å². The molecule has 1 saturated heterocycles. The van der Waals surface area contributed by atoms with E-state index in [0.29, 0.717) is 11.4 Å². The predicted octanol–water partition coefficient (Wildman–Crippen LogP) is 6.05. The minimum absolute atomic E-state index is 0.134. The molecule has 3 aromatic carbocycles. The lowest BCUT2D eigenvalue weighted by Gasteiger charge is -2.20. The molecule has 0 bridgehead atoms. The summed E-state index contributed by atoms with van der Waals surface area (Å²) in [5.74, 6) is 0. The van der Waals surface area contributed by atoms with Crippen LogP contribution in [-0.2, 0) is 10.0 Å². The number of hydrogen-bond acceptors (Lipinski definition) is 4. The highest BCUT2D eigenvalue weighted by Gasteiger charge is 2.18. The molecule has 8 heteroatoms. The molecular formula is C25H27N3O3S2. The summed E-state index contributed by atoms with van der Waals surface area (Å²) in [5.41, 5.74) is 1.09. The van der Waals surface area contributed by atoms with Crippen LogP contribution >= 0.6 is 11.8 Å². The van der Waals surface area contributed by atoms with Crippen molar-refractivity contribution in [1.82, 2.24) is 4.90 Å². The van der Waals surface area contributed by atoms with Crippen molar-refractivity contribution in [2.45, 2.75) is 40.4 Å². The van der Waals surface area contributed by atoms with Crippen LogP contribution in [0.3, 0.4) is 0 Å². The van der Waals surface area contributed by atoms with E-state index in [1.165, 1.54) is 23.9 Å². The van der Waals surface area contributed by atoms with Crippen LogP contribution in [0.4, 0.5) is 16.2 Å². The van der Waals surface area contributed by atoms with Gasteiger partial charge in [-0.25, -0.2) is 13.2 Å². The molecular weight excluding hydrogens is 454 g/mol. The number of anilines is 2. The van der Waals surface area contributed by atoms with Gasteiger partial charge in [-0.1, -0.05) is 54.9 Å². The molecule has 6 nitrogen and oxygen atoms in total. The van der Waals surface area contributed by atoms with Gasteiger partial charge >= 0.3 is 6.03 Å². The number of carbonyl (C=O) groups is 1. The second-order valence-electron chi connectivity index (χ2n) is 7.87. The van der Waals surface area contributed by atoms with E-state index in [4.69, 9.17) is 0 Å². The van der Waals surface area contributed by atoms with Crippen molar-refractivity contribution >= 4 is 39.2 Å². The maximum Gasteiger partial charge on any atom is 0.321 e. The van der Waals surface area contributed by atoms with E-state index in [2.05, 4.69) is 10.0 Å². The van der Waals surface area contributed by atoms with Gasteiger partial charge in [0.15, 0.2) is 0 Å². The quantitative estimate of drug-likeness (QED) is 0.449. The summed E-state index contributed by atoms with van der Waals surface area (Å²) in [7, 11) is -3.79. The first-order valence-electron chi connectivity index (χ1n) is 11.0. The van der Waals surface area contributed by atoms with Crippen molar-refractivity contribution < 1.29 is 13.2 Å². The number of amides is 2. The highest BCUT2D eigenvalue weighted by Crippen LogP contribution is 2.34. The van der Waals surface area contributed by atoms with Crippen LogP contribution in [0.25, 0.3) is 0 Å². The minimum atomic E-state index is -3.79. The maximum atomic E-state index is 13.0. The Morgan fingerprint density at radius 1 is 0.788 bits per heavy atom. The van der Waals surface area contributed by atoms with Crippen LogP contribution < -0.4 is 10.0 Å². The van der Waals surface area contributed by atoms with Gasteiger partial charge in [0.2, 0.25) is 0 Å². The number of urea groups is 1. The summed E-state index contributed by atoms with van der Waals surface area (Å²) >= 11 is 1.50. The van der Waals surface area contributed by atoms with Crippen molar-refractivity contribution in [3.63, 3.8) is 0 Å². The van der Waals surface area contributed by atoms with Crippen molar-refractivity contribution in [2.24, 2.45) is 0 Å². The van der Waals surface area contributed by atoms with E-state index in [1.807, 2.05) is 47.4 Å². The van der Waals surface area contributed by atoms with Crippen LogP contribution in [-0.4, -0.2) is 32.4 Å². The molecule has 0 aliphatic carbocycles. The molecule has 1 heterocycles. The van der Waals surface area contributed by atoms with Crippen molar-refractivity contribution in [3.05, 3.63) is 78.9 Å². The molecule has 172 valence electrons. The van der Waals surface area contributed by atoms with Crippen molar-refractivity contribution in [1.29, 1.82) is 0 Å². The first-order chi connectivity index (χ1) is 16.0. The average Bonchev–Trinajstić information content (AvgIpc) is 3.11. The van der Waals surface area contributed by atoms with Crippen LogP contribution in [0, 0.1) is 0 Å². The van der Waals surface area contributed by atoms with Gasteiger partial charge in [-0.15, -0.1) is 0 Å². The van der Waals surface area contributed by atoms with Gasteiger partial charge < -0.3 is 10.2 Å². The summed E-state index contributed by atoms with van der Waals surface area (Å²) in [6.07, 6.45) is 4.33. The molecule has 33 heavy (non-hydrogen) atoms. The lowest BCUT2D eigenvalue weighted by atomic mass is 10.2. The molecule has 0 aromatic heterocycles. The molecule has 1 aliphatic rings. The first kappa shape index (κ1) is 23.2. The van der Waals surface area contributed by atoms with E-state index < -0.39 is 10.0 Å². The van der Waals surface area contributed by atoms with Crippen molar-refractivity contribution in [3.8, 4) is 0 Å². The number of benzene rings is 3. The van der Waals surface area contributed by atoms with Gasteiger partial charge in [0.1, 0.15) is 0 Å². The number of rotatable bonds is 6. The summed E-state index contributed by atoms with van der Waals surface area (Å²) in [5, 5.41) is 2.87. The molecule has 3 aromatic rings. The van der Waals surface area contributed by atoms with Gasteiger partial charge in [0, 0.05) is 28.6 Å². The molecule has 1 aliphatic heterocycles. The minimum Gasteiger partial charge on any atom is -0.325 e. The summed E-state index contributed by atoms with van der Waals surface area (Å²) < 4.78 is 28.7. The van der Waals surface area contributed by atoms with Gasteiger partial charge in [-0.3, -0.25) is 4.72 Å². The van der Waals surface area contributed by atoms with Crippen LogP contribution in [0.5, 0.6) is 0 Å². The highest BCUT2D eigenvalue weighted by atomic mass is 32.2. The smallest absolute Gasteiger partial charge is 0.321 e. The summed E-state index contributed by atoms with van der Waals surface area (Å²) in [6, 6.07) is 23.2. The average molecular weight is 482 g/mol. The topological polar surface area (TPSA) is 78.5 Å². The molecule has 0 atom stereocenters. The number of carbonyl (C=O) groups excluding carboxylic acids is 1. The van der Waals surface area contributed by atoms with Crippen LogP contribution in [0.2, 0.25) is 0 Å². The third-order valence-electron chi connectivity index (χ3n) is 5.41. The molecule has 0 spiro atoms. The Labute approximate surface area is 199 Å². The zero-order chi connectivity index (χ0) is 23.1. The number of sulfonamides is 1. The van der Waals surface area contributed by atoms with Crippen LogP contribution in [0.15, 0.2) is 93.5 Å². The maximum absolute atomic E-state index is 13.0. The standard InChI is InChI=1S/C25H27N3O3S2/c29-25(28-18-8-1-2-9-19-28)26-20-14-16-22(17-15-20)33(30,31)27-23-12-6-7-13-24(23)32-21-10-4-3-5-11-21/h3-7,10-17,27H,1-2,8-9,18-19H2,(H,26,29). The number of likely N-dealkylation sites (tertiary alicyclic amines) is 1. The van der Waals surface area contributed by atoms with Gasteiger partial charge in [-0.2, -0.15) is 0 Å². The second kappa shape index (κ2) is 10.8. The Hall–Kier alpha value is -2.97. The highest BCUT2D eigenvalue weighted by molar-refractivity contribution is 7.99. The number of nitrogens with one attached hydrogen (secondary N) is 2. The molecule has 0 unspecified atom stereocenters. The number of para-hydroxylation sites is 1. The number of nitrogens with zero attached hydrogens (tertiary/aromatic N) is 1. The molecule has 0 saturated carbocycles. The third-order valence-corrected chi connectivity index (χ3v) is 7.88. The monoisotopic (exact) mass is 481 g/mol. The molecule has 2 N–H and O–H groups in total. The Kier molecular flexibility index (Phi) is 7.57. The number of hydrogen-bond donors (Lipinski definition) is 2. The molecule has 0 radical (unpaired) electrons. The van der Waals surface area contributed by atoms with Gasteiger partial charge in [0.25, 0.3) is 10.0 Å². The fraction of sp³-hybridized carbons (Fsp3) is 0.240. The molecule has 1 fully saturated rings. The fourth-order valence-corrected chi connectivity index (χ4v) is 5.72. The Bertz CT molecular complexity index is 1180. The normalized spacial score (nSPS) is 14.4. The second-order valence-corrected chi connectivity index (χ2v) is 10.7. The lowest BCUT2D eigenvalue weighted by molar-refractivity contribution is 0.214. The van der Waals surface area contributed by atoms with Crippen LogP contribution in [0.1, 0.15) is 25.7 Å². The SMILES string of the molecule is O=C(Nc1ccc(S(=O)(=O)Nc2ccccc2Sc2ccccc2)cc1)N1CCCCCC1. The van der Waals surface area contributed by atoms with Crippen molar-refractivity contribution in [2.75, 3.05) is 23.1 Å². The summed E-state index contributed by atoms with van der Waals surface area (Å²) in [6.45, 7) is 1.51. The first-order valence-corrected chi connectivity index (χ1v) is 13.3. The lowest BCUT2D eigenvalue weighted by Crippen LogP contribution is -2.35. The molecule has 2 amide bonds. The Morgan fingerprint density at radius 3 is 2.12 bits per heavy atom. The van der Waals surface area contributed by atoms with Gasteiger partial charge in [0.05, 0.1) is 10.6 Å². The predicted molar refractivity (Wildman–Crippen MR) is 133 cm³/mol. The molecule has 4 rings (SSSR count). The van der Waals surface area contributed by atoms with E-state index in [0.717, 1.165) is 48.6 Å². The Morgan fingerprint density at radius 2 is 1.42 bits per heavy atom. The van der Waals surface area contributed by atoms with E-state index in [9.17, 15) is 13.2 Å². The Balaban J connectivity index is 1.44. The van der Waals surface area contributed by atoms with E-state index in [1.54, 1.807) is 24.3 Å². The summed E-state index contributed by atoms with van der Waals surface area (Å²) in [4.78, 5) is 16.3. The fourth-order valence-electron chi connectivity index (χ4n) is 3.65. The zero-order valence-electron chi connectivity index (χ0n) is 18.2. The van der Waals surface area contributed by atoms with E-state index >= 15 is 0 Å². The third kappa shape index (κ3) is 6.30. The largest absolute Gasteiger partial charge is 0.325 e. The zero-order valence-corrected chi connectivity index (χ0v) is 19.9. The van der Waals surface area contributed by atoms with E-state index in [-0.39, 0.29) is 10.9 Å².